The average molecular weight is 257 g/mol. The first kappa shape index (κ1) is 13.3. The standard InChI is InChI=1S/C12H17ClN2S/c1-12(2,3)7-15-10-6-8(13)4-5-9(10)11(14)16/h4-6,15H,7H2,1-3H3,(H2,14,16). The largest absolute Gasteiger partial charge is 0.389 e. The highest BCUT2D eigenvalue weighted by molar-refractivity contribution is 7.80. The van der Waals surface area contributed by atoms with E-state index < -0.39 is 0 Å². The van der Waals surface area contributed by atoms with Gasteiger partial charge in [0.1, 0.15) is 4.99 Å². The van der Waals surface area contributed by atoms with Crippen molar-refractivity contribution in [3.8, 4) is 0 Å². The topological polar surface area (TPSA) is 38.0 Å². The maximum absolute atomic E-state index is 5.95. The molecule has 4 heteroatoms. The van der Waals surface area contributed by atoms with Crippen molar-refractivity contribution in [1.82, 2.24) is 0 Å². The Morgan fingerprint density at radius 2 is 2.06 bits per heavy atom. The van der Waals surface area contributed by atoms with Crippen LogP contribution < -0.4 is 11.1 Å². The molecule has 0 unspecified atom stereocenters. The molecule has 0 aliphatic heterocycles. The summed E-state index contributed by atoms with van der Waals surface area (Å²) in [5.41, 5.74) is 7.58. The summed E-state index contributed by atoms with van der Waals surface area (Å²) in [4.78, 5) is 0.382. The molecule has 1 aromatic carbocycles. The van der Waals surface area contributed by atoms with E-state index in [2.05, 4.69) is 26.1 Å². The third kappa shape index (κ3) is 3.99. The summed E-state index contributed by atoms with van der Waals surface area (Å²) in [6.07, 6.45) is 0. The molecule has 0 aliphatic rings. The van der Waals surface area contributed by atoms with Gasteiger partial charge in [0.25, 0.3) is 0 Å². The van der Waals surface area contributed by atoms with Gasteiger partial charge >= 0.3 is 0 Å². The lowest BCUT2D eigenvalue weighted by Gasteiger charge is -2.21. The minimum atomic E-state index is 0.190. The molecule has 3 N–H and O–H groups in total. The molecular formula is C12H17ClN2S. The van der Waals surface area contributed by atoms with Crippen molar-refractivity contribution in [3.05, 3.63) is 28.8 Å². The molecule has 0 saturated carbocycles. The quantitative estimate of drug-likeness (QED) is 0.814. The number of nitrogens with two attached hydrogens (primary N) is 1. The van der Waals surface area contributed by atoms with E-state index in [1.807, 2.05) is 12.1 Å². The molecule has 16 heavy (non-hydrogen) atoms. The predicted molar refractivity (Wildman–Crippen MR) is 75.3 cm³/mol. The Bertz CT molecular complexity index is 396. The van der Waals surface area contributed by atoms with E-state index in [-0.39, 0.29) is 5.41 Å². The molecule has 0 radical (unpaired) electrons. The van der Waals surface area contributed by atoms with Gasteiger partial charge in [0.2, 0.25) is 0 Å². The van der Waals surface area contributed by atoms with Crippen molar-refractivity contribution in [2.45, 2.75) is 20.8 Å². The number of benzene rings is 1. The van der Waals surface area contributed by atoms with Gasteiger partial charge in [-0.1, -0.05) is 44.6 Å². The monoisotopic (exact) mass is 256 g/mol. The number of nitrogens with one attached hydrogen (secondary N) is 1. The zero-order valence-electron chi connectivity index (χ0n) is 9.80. The van der Waals surface area contributed by atoms with Gasteiger partial charge < -0.3 is 11.1 Å². The smallest absolute Gasteiger partial charge is 0.106 e. The minimum Gasteiger partial charge on any atom is -0.389 e. The summed E-state index contributed by atoms with van der Waals surface area (Å²) < 4.78 is 0. The van der Waals surface area contributed by atoms with Crippen molar-refractivity contribution in [2.24, 2.45) is 11.1 Å². The fourth-order valence-corrected chi connectivity index (χ4v) is 1.59. The lowest BCUT2D eigenvalue weighted by atomic mass is 9.96. The summed E-state index contributed by atoms with van der Waals surface area (Å²) >= 11 is 10.9. The van der Waals surface area contributed by atoms with Gasteiger partial charge in [0.15, 0.2) is 0 Å². The summed E-state index contributed by atoms with van der Waals surface area (Å²) in [6.45, 7) is 7.31. The summed E-state index contributed by atoms with van der Waals surface area (Å²) in [6, 6.07) is 5.48. The lowest BCUT2D eigenvalue weighted by molar-refractivity contribution is 0.443. The minimum absolute atomic E-state index is 0.190. The maximum Gasteiger partial charge on any atom is 0.106 e. The molecule has 0 heterocycles. The van der Waals surface area contributed by atoms with Gasteiger partial charge in [0.05, 0.1) is 0 Å². The highest BCUT2D eigenvalue weighted by Gasteiger charge is 2.12. The summed E-state index contributed by atoms with van der Waals surface area (Å²) in [5.74, 6) is 0. The van der Waals surface area contributed by atoms with E-state index in [1.165, 1.54) is 0 Å². The van der Waals surface area contributed by atoms with E-state index in [9.17, 15) is 0 Å². The Labute approximate surface area is 107 Å². The van der Waals surface area contributed by atoms with Gasteiger partial charge in [-0.2, -0.15) is 0 Å². The van der Waals surface area contributed by atoms with Crippen LogP contribution >= 0.6 is 23.8 Å². The van der Waals surface area contributed by atoms with Crippen LogP contribution in [0.1, 0.15) is 26.3 Å². The second-order valence-electron chi connectivity index (χ2n) is 4.97. The number of anilines is 1. The third-order valence-corrected chi connectivity index (χ3v) is 2.51. The van der Waals surface area contributed by atoms with Gasteiger partial charge in [-0.25, -0.2) is 0 Å². The van der Waals surface area contributed by atoms with Crippen LogP contribution in [-0.4, -0.2) is 11.5 Å². The second-order valence-corrected chi connectivity index (χ2v) is 5.84. The van der Waals surface area contributed by atoms with E-state index >= 15 is 0 Å². The second kappa shape index (κ2) is 5.02. The molecule has 0 atom stereocenters. The van der Waals surface area contributed by atoms with Crippen molar-refractivity contribution in [2.75, 3.05) is 11.9 Å². The molecule has 0 bridgehead atoms. The van der Waals surface area contributed by atoms with Crippen LogP contribution in [-0.2, 0) is 0 Å². The first-order chi connectivity index (χ1) is 7.29. The van der Waals surface area contributed by atoms with E-state index in [0.717, 1.165) is 17.8 Å². The van der Waals surface area contributed by atoms with Crippen molar-refractivity contribution < 1.29 is 0 Å². The molecule has 0 aliphatic carbocycles. The van der Waals surface area contributed by atoms with Crippen LogP contribution in [0.15, 0.2) is 18.2 Å². The van der Waals surface area contributed by atoms with Crippen LogP contribution in [0.4, 0.5) is 5.69 Å². The lowest BCUT2D eigenvalue weighted by Crippen LogP contribution is -2.21. The predicted octanol–water partition coefficient (Wildman–Crippen LogP) is 3.43. The molecule has 1 rings (SSSR count). The van der Waals surface area contributed by atoms with E-state index in [4.69, 9.17) is 29.6 Å². The fraction of sp³-hybridized carbons (Fsp3) is 0.417. The SMILES string of the molecule is CC(C)(C)CNc1cc(Cl)ccc1C(N)=S. The summed E-state index contributed by atoms with van der Waals surface area (Å²) in [7, 11) is 0. The van der Waals surface area contributed by atoms with E-state index in [1.54, 1.807) is 6.07 Å². The van der Waals surface area contributed by atoms with E-state index in [0.29, 0.717) is 10.0 Å². The Hall–Kier alpha value is -0.800. The molecular weight excluding hydrogens is 240 g/mol. The zero-order valence-corrected chi connectivity index (χ0v) is 11.4. The normalized spacial score (nSPS) is 11.2. The fourth-order valence-electron chi connectivity index (χ4n) is 1.24. The number of halogens is 1. The van der Waals surface area contributed by atoms with Gasteiger partial charge in [0, 0.05) is 22.8 Å². The molecule has 1 aromatic rings. The first-order valence-corrected chi connectivity index (χ1v) is 5.91. The van der Waals surface area contributed by atoms with Gasteiger partial charge in [-0.15, -0.1) is 0 Å². The van der Waals surface area contributed by atoms with Crippen LogP contribution in [0.3, 0.4) is 0 Å². The Morgan fingerprint density at radius 3 is 2.56 bits per heavy atom. The Kier molecular flexibility index (Phi) is 4.16. The van der Waals surface area contributed by atoms with Gasteiger partial charge in [-0.05, 0) is 23.6 Å². The number of rotatable bonds is 3. The maximum atomic E-state index is 5.95. The average Bonchev–Trinajstić information content (AvgIpc) is 2.13. The zero-order chi connectivity index (χ0) is 12.3. The molecule has 0 fully saturated rings. The molecule has 0 saturated heterocycles. The first-order valence-electron chi connectivity index (χ1n) is 5.13. The van der Waals surface area contributed by atoms with Crippen LogP contribution in [0, 0.1) is 5.41 Å². The Balaban J connectivity index is 2.93. The molecule has 0 spiro atoms. The number of hydrogen-bond acceptors (Lipinski definition) is 2. The molecule has 0 aromatic heterocycles. The highest BCUT2D eigenvalue weighted by atomic mass is 35.5. The Morgan fingerprint density at radius 1 is 1.44 bits per heavy atom. The summed E-state index contributed by atoms with van der Waals surface area (Å²) in [5, 5.41) is 4.00. The van der Waals surface area contributed by atoms with Crippen molar-refractivity contribution in [3.63, 3.8) is 0 Å². The third-order valence-electron chi connectivity index (χ3n) is 2.06. The molecule has 2 nitrogen and oxygen atoms in total. The number of thiocarbonyl (C=S) groups is 1. The van der Waals surface area contributed by atoms with Crippen molar-refractivity contribution >= 4 is 34.5 Å². The van der Waals surface area contributed by atoms with Crippen LogP contribution in [0.2, 0.25) is 5.02 Å². The highest BCUT2D eigenvalue weighted by Crippen LogP contribution is 2.23. The molecule has 88 valence electrons. The molecule has 0 amide bonds. The van der Waals surface area contributed by atoms with Crippen LogP contribution in [0.25, 0.3) is 0 Å². The van der Waals surface area contributed by atoms with Crippen molar-refractivity contribution in [1.29, 1.82) is 0 Å². The number of hydrogen-bond donors (Lipinski definition) is 2. The van der Waals surface area contributed by atoms with Gasteiger partial charge in [-0.3, -0.25) is 0 Å². The van der Waals surface area contributed by atoms with Crippen LogP contribution in [0.5, 0.6) is 0 Å².